The van der Waals surface area contributed by atoms with Crippen LogP contribution < -0.4 is 15.5 Å². The summed E-state index contributed by atoms with van der Waals surface area (Å²) in [5.74, 6) is -2.84. The van der Waals surface area contributed by atoms with Crippen LogP contribution in [0, 0.1) is 17.6 Å². The highest BCUT2D eigenvalue weighted by Gasteiger charge is 2.27. The number of nitrogens with one attached hydrogen (secondary N) is 2. The van der Waals surface area contributed by atoms with E-state index in [1.807, 2.05) is 26.0 Å². The number of morpholine rings is 1. The fraction of sp³-hybridized carbons (Fsp3) is 0.458. The van der Waals surface area contributed by atoms with Crippen molar-refractivity contribution in [3.05, 3.63) is 59.3 Å². The Morgan fingerprint density at radius 3 is 2.30 bits per heavy atom. The van der Waals surface area contributed by atoms with Crippen molar-refractivity contribution in [1.82, 2.24) is 15.6 Å². The minimum atomic E-state index is -0.981. The fourth-order valence-electron chi connectivity index (χ4n) is 3.84. The van der Waals surface area contributed by atoms with E-state index in [0.717, 1.165) is 36.6 Å². The van der Waals surface area contributed by atoms with Gasteiger partial charge in [-0.1, -0.05) is 26.0 Å². The van der Waals surface area contributed by atoms with Crippen LogP contribution in [0.5, 0.6) is 0 Å². The molecule has 0 radical (unpaired) electrons. The van der Waals surface area contributed by atoms with Gasteiger partial charge in [0.25, 0.3) is 5.91 Å². The number of hydrogen-bond donors (Lipinski definition) is 2. The van der Waals surface area contributed by atoms with Crippen LogP contribution in [0.1, 0.15) is 43.6 Å². The number of nitrogens with zero attached hydrogens (tertiary/aromatic N) is 2. The summed E-state index contributed by atoms with van der Waals surface area (Å²) in [7, 11) is 0. The van der Waals surface area contributed by atoms with Gasteiger partial charge in [-0.2, -0.15) is 0 Å². The van der Waals surface area contributed by atoms with Crippen molar-refractivity contribution in [1.29, 1.82) is 0 Å². The lowest BCUT2D eigenvalue weighted by molar-refractivity contribution is -0.124. The number of carbonyl (C=O) groups is 2. The maximum atomic E-state index is 13.9. The van der Waals surface area contributed by atoms with E-state index in [0.29, 0.717) is 0 Å². The van der Waals surface area contributed by atoms with Crippen LogP contribution in [0.3, 0.4) is 0 Å². The Morgan fingerprint density at radius 1 is 1.12 bits per heavy atom. The number of amides is 2. The lowest BCUT2D eigenvalue weighted by Gasteiger charge is -2.36. The highest BCUT2D eigenvalue weighted by atomic mass is 19.1. The van der Waals surface area contributed by atoms with Crippen molar-refractivity contribution in [3.63, 3.8) is 0 Å². The highest BCUT2D eigenvalue weighted by Crippen LogP contribution is 2.18. The zero-order chi connectivity index (χ0) is 24.1. The molecule has 178 valence electrons. The predicted octanol–water partition coefficient (Wildman–Crippen LogP) is 3.04. The molecule has 0 aliphatic carbocycles. The molecule has 0 saturated carbocycles. The molecule has 1 aliphatic heterocycles. The average Bonchev–Trinajstić information content (AvgIpc) is 2.75. The molecule has 1 aromatic carbocycles. The summed E-state index contributed by atoms with van der Waals surface area (Å²) in [5, 5.41) is 5.21. The average molecular weight is 461 g/mol. The molecule has 2 N–H and O–H groups in total. The van der Waals surface area contributed by atoms with Gasteiger partial charge in [-0.05, 0) is 43.5 Å². The van der Waals surface area contributed by atoms with Gasteiger partial charge in [0.2, 0.25) is 5.91 Å². The number of halogens is 2. The second kappa shape index (κ2) is 10.7. The first kappa shape index (κ1) is 24.6. The molecule has 2 aromatic rings. The Bertz CT molecular complexity index is 954. The first-order valence-corrected chi connectivity index (χ1v) is 11.0. The molecule has 1 fully saturated rings. The van der Waals surface area contributed by atoms with Crippen molar-refractivity contribution in [3.8, 4) is 0 Å². The summed E-state index contributed by atoms with van der Waals surface area (Å²) in [4.78, 5) is 31.8. The maximum Gasteiger partial charge on any atom is 0.257 e. The van der Waals surface area contributed by atoms with Crippen molar-refractivity contribution in [2.24, 2.45) is 5.92 Å². The highest BCUT2D eigenvalue weighted by molar-refractivity contribution is 5.98. The summed E-state index contributed by atoms with van der Waals surface area (Å²) in [6.45, 7) is 9.24. The predicted molar refractivity (Wildman–Crippen MR) is 121 cm³/mol. The Balaban J connectivity index is 1.60. The molecule has 1 aromatic heterocycles. The molecule has 7 nitrogen and oxygen atoms in total. The zero-order valence-corrected chi connectivity index (χ0v) is 19.3. The summed E-state index contributed by atoms with van der Waals surface area (Å²) < 4.78 is 33.6. The van der Waals surface area contributed by atoms with E-state index < -0.39 is 35.1 Å². The molecule has 3 atom stereocenters. The van der Waals surface area contributed by atoms with Crippen LogP contribution in [0.15, 0.2) is 36.5 Å². The van der Waals surface area contributed by atoms with Crippen LogP contribution in [-0.2, 0) is 16.1 Å². The Kier molecular flexibility index (Phi) is 7.97. The van der Waals surface area contributed by atoms with Crippen LogP contribution in [0.2, 0.25) is 0 Å². The monoisotopic (exact) mass is 460 g/mol. The second-order valence-electron chi connectivity index (χ2n) is 8.70. The van der Waals surface area contributed by atoms with E-state index in [9.17, 15) is 18.4 Å². The summed E-state index contributed by atoms with van der Waals surface area (Å²) in [6, 6.07) is 5.99. The van der Waals surface area contributed by atoms with E-state index in [-0.39, 0.29) is 24.7 Å². The van der Waals surface area contributed by atoms with Gasteiger partial charge in [-0.25, -0.2) is 13.8 Å². The van der Waals surface area contributed by atoms with Crippen LogP contribution >= 0.6 is 0 Å². The number of rotatable bonds is 7. The molecule has 0 spiro atoms. The third-order valence-corrected chi connectivity index (χ3v) is 5.45. The van der Waals surface area contributed by atoms with Gasteiger partial charge < -0.3 is 20.3 Å². The quantitative estimate of drug-likeness (QED) is 0.664. The Morgan fingerprint density at radius 2 is 1.76 bits per heavy atom. The lowest BCUT2D eigenvalue weighted by atomic mass is 10.0. The van der Waals surface area contributed by atoms with Crippen molar-refractivity contribution < 1.29 is 23.1 Å². The van der Waals surface area contributed by atoms with Crippen molar-refractivity contribution >= 4 is 17.6 Å². The summed E-state index contributed by atoms with van der Waals surface area (Å²) in [6.07, 6.45) is 1.93. The summed E-state index contributed by atoms with van der Waals surface area (Å²) in [5.41, 5.74) is 0.0814. The zero-order valence-electron chi connectivity index (χ0n) is 19.3. The molecule has 1 saturated heterocycles. The van der Waals surface area contributed by atoms with E-state index >= 15 is 0 Å². The van der Waals surface area contributed by atoms with Gasteiger partial charge in [-0.3, -0.25) is 9.59 Å². The second-order valence-corrected chi connectivity index (χ2v) is 8.70. The number of hydrogen-bond acceptors (Lipinski definition) is 5. The van der Waals surface area contributed by atoms with Crippen molar-refractivity contribution in [2.75, 3.05) is 18.0 Å². The number of anilines is 1. The maximum absolute atomic E-state index is 13.9. The third-order valence-electron chi connectivity index (χ3n) is 5.45. The normalized spacial score (nSPS) is 19.3. The number of ether oxygens (including phenoxy) is 1. The lowest BCUT2D eigenvalue weighted by Crippen LogP contribution is -2.49. The standard InChI is InChI=1S/C24H30F2N4O3/c1-14(2)22(29-23(31)21-18(25)6-5-7-19(21)26)24(32)28-11-17-8-9-20(27-10-17)30-12-15(3)33-16(4)13-30/h5-10,14-16,22H,11-13H2,1-4H3,(H,28,32)(H,29,31). The molecular formula is C24H30F2N4O3. The van der Waals surface area contributed by atoms with Gasteiger partial charge in [0, 0.05) is 25.8 Å². The van der Waals surface area contributed by atoms with Gasteiger partial charge >= 0.3 is 0 Å². The minimum absolute atomic E-state index is 0.121. The first-order valence-electron chi connectivity index (χ1n) is 11.0. The van der Waals surface area contributed by atoms with Crippen LogP contribution in [0.4, 0.5) is 14.6 Å². The Hall–Kier alpha value is -3.07. The first-order chi connectivity index (χ1) is 15.7. The molecule has 1 aliphatic rings. The third kappa shape index (κ3) is 6.25. The molecular weight excluding hydrogens is 430 g/mol. The number of pyridine rings is 1. The van der Waals surface area contributed by atoms with Crippen LogP contribution in [0.25, 0.3) is 0 Å². The largest absolute Gasteiger partial charge is 0.372 e. The molecule has 33 heavy (non-hydrogen) atoms. The number of aromatic nitrogens is 1. The molecule has 9 heteroatoms. The van der Waals surface area contributed by atoms with Gasteiger partial charge in [0.1, 0.15) is 29.1 Å². The molecule has 3 rings (SSSR count). The van der Waals surface area contributed by atoms with Crippen LogP contribution in [-0.4, -0.2) is 48.1 Å². The van der Waals surface area contributed by atoms with Gasteiger partial charge in [-0.15, -0.1) is 0 Å². The number of benzene rings is 1. The van der Waals surface area contributed by atoms with Gasteiger partial charge in [0.15, 0.2) is 0 Å². The SMILES string of the molecule is CC1CN(c2ccc(CNC(=O)C(NC(=O)c3c(F)cccc3F)C(C)C)cn2)CC(C)O1. The van der Waals surface area contributed by atoms with E-state index in [1.165, 1.54) is 6.07 Å². The smallest absolute Gasteiger partial charge is 0.257 e. The van der Waals surface area contributed by atoms with E-state index in [1.54, 1.807) is 20.0 Å². The number of carbonyl (C=O) groups excluding carboxylic acids is 2. The van der Waals surface area contributed by atoms with Gasteiger partial charge in [0.05, 0.1) is 12.2 Å². The van der Waals surface area contributed by atoms with E-state index in [2.05, 4.69) is 20.5 Å². The van der Waals surface area contributed by atoms with E-state index in [4.69, 9.17) is 4.74 Å². The topological polar surface area (TPSA) is 83.6 Å². The molecule has 3 unspecified atom stereocenters. The molecule has 2 heterocycles. The minimum Gasteiger partial charge on any atom is -0.372 e. The van der Waals surface area contributed by atoms with Crippen molar-refractivity contribution in [2.45, 2.75) is 52.5 Å². The molecule has 0 bridgehead atoms. The molecule has 2 amide bonds. The summed E-state index contributed by atoms with van der Waals surface area (Å²) >= 11 is 0. The Labute approximate surface area is 192 Å². The fourth-order valence-corrected chi connectivity index (χ4v) is 3.84.